The molecule has 7 heteroatoms. The van der Waals surface area contributed by atoms with Gasteiger partial charge in [0, 0.05) is 24.5 Å². The highest BCUT2D eigenvalue weighted by Crippen LogP contribution is 2.29. The zero-order valence-corrected chi connectivity index (χ0v) is 14.6. The van der Waals surface area contributed by atoms with E-state index in [0.29, 0.717) is 17.8 Å². The molecule has 3 aromatic rings. The lowest BCUT2D eigenvalue weighted by atomic mass is 10.1. The number of carboxylic acid groups (broad SMARTS) is 1. The standard InChI is InChI=1S/C19H21N3O4/c1-2-3-12-26-17-7-5-4-6-14(17)15-13-16-19(25)21(9-8-18(23)24)10-11-22(16)20-15/h4-7,10-11,13H,2-3,8-9,12H2,1H3,(H,23,24). The molecule has 0 saturated heterocycles. The molecule has 0 spiro atoms. The molecular formula is C19H21N3O4. The number of benzene rings is 1. The van der Waals surface area contributed by atoms with E-state index >= 15 is 0 Å². The summed E-state index contributed by atoms with van der Waals surface area (Å²) in [6, 6.07) is 9.31. The van der Waals surface area contributed by atoms with E-state index in [1.165, 1.54) is 9.08 Å². The Kier molecular flexibility index (Phi) is 5.36. The van der Waals surface area contributed by atoms with Crippen molar-refractivity contribution >= 4 is 11.5 Å². The van der Waals surface area contributed by atoms with Crippen molar-refractivity contribution in [3.8, 4) is 17.0 Å². The number of aliphatic carboxylic acids is 1. The molecule has 0 radical (unpaired) electrons. The van der Waals surface area contributed by atoms with Crippen LogP contribution >= 0.6 is 0 Å². The highest BCUT2D eigenvalue weighted by Gasteiger charge is 2.13. The van der Waals surface area contributed by atoms with Gasteiger partial charge in [0.25, 0.3) is 5.56 Å². The number of carbonyl (C=O) groups is 1. The van der Waals surface area contributed by atoms with Crippen LogP contribution in [0.3, 0.4) is 0 Å². The largest absolute Gasteiger partial charge is 0.493 e. The number of aryl methyl sites for hydroxylation is 1. The molecule has 1 N–H and O–H groups in total. The highest BCUT2D eigenvalue weighted by atomic mass is 16.5. The van der Waals surface area contributed by atoms with Gasteiger partial charge in [-0.3, -0.25) is 9.59 Å². The normalized spacial score (nSPS) is 11.0. The third-order valence-electron chi connectivity index (χ3n) is 4.09. The molecule has 0 saturated carbocycles. The molecule has 0 unspecified atom stereocenters. The number of ether oxygens (including phenoxy) is 1. The van der Waals surface area contributed by atoms with E-state index in [0.717, 1.165) is 24.2 Å². The van der Waals surface area contributed by atoms with E-state index in [9.17, 15) is 9.59 Å². The quantitative estimate of drug-likeness (QED) is 0.628. The van der Waals surface area contributed by atoms with Crippen LogP contribution in [0.1, 0.15) is 26.2 Å². The average molecular weight is 355 g/mol. The maximum atomic E-state index is 12.6. The summed E-state index contributed by atoms with van der Waals surface area (Å²) in [6.45, 7) is 2.86. The van der Waals surface area contributed by atoms with Gasteiger partial charge < -0.3 is 14.4 Å². The van der Waals surface area contributed by atoms with Crippen LogP contribution in [0, 0.1) is 0 Å². The fraction of sp³-hybridized carbons (Fsp3) is 0.316. The average Bonchev–Trinajstić information content (AvgIpc) is 3.07. The van der Waals surface area contributed by atoms with E-state index in [2.05, 4.69) is 12.0 Å². The lowest BCUT2D eigenvalue weighted by Crippen LogP contribution is -2.22. The Morgan fingerprint density at radius 3 is 2.85 bits per heavy atom. The lowest BCUT2D eigenvalue weighted by molar-refractivity contribution is -0.137. The summed E-state index contributed by atoms with van der Waals surface area (Å²) in [4.78, 5) is 23.3. The number of hydrogen-bond acceptors (Lipinski definition) is 4. The summed E-state index contributed by atoms with van der Waals surface area (Å²) in [7, 11) is 0. The van der Waals surface area contributed by atoms with Gasteiger partial charge in [-0.2, -0.15) is 5.10 Å². The predicted octanol–water partition coefficient (Wildman–Crippen LogP) is 2.82. The van der Waals surface area contributed by atoms with Crippen molar-refractivity contribution in [2.24, 2.45) is 0 Å². The van der Waals surface area contributed by atoms with Crippen molar-refractivity contribution in [2.45, 2.75) is 32.7 Å². The minimum Gasteiger partial charge on any atom is -0.493 e. The Balaban J connectivity index is 1.96. The molecule has 0 amide bonds. The van der Waals surface area contributed by atoms with Crippen molar-refractivity contribution in [3.63, 3.8) is 0 Å². The van der Waals surface area contributed by atoms with Crippen LogP contribution in [0.5, 0.6) is 5.75 Å². The fourth-order valence-electron chi connectivity index (χ4n) is 2.68. The molecule has 26 heavy (non-hydrogen) atoms. The van der Waals surface area contributed by atoms with E-state index in [-0.39, 0.29) is 18.5 Å². The van der Waals surface area contributed by atoms with Gasteiger partial charge in [0.15, 0.2) is 0 Å². The third kappa shape index (κ3) is 3.77. The van der Waals surface area contributed by atoms with Gasteiger partial charge in [0.05, 0.1) is 18.7 Å². The maximum Gasteiger partial charge on any atom is 0.305 e. The Hall–Kier alpha value is -3.09. The van der Waals surface area contributed by atoms with Gasteiger partial charge in [-0.15, -0.1) is 0 Å². The number of hydrogen-bond donors (Lipinski definition) is 1. The molecule has 0 aliphatic heterocycles. The van der Waals surface area contributed by atoms with Crippen molar-refractivity contribution < 1.29 is 14.6 Å². The second-order valence-corrected chi connectivity index (χ2v) is 6.00. The number of nitrogens with zero attached hydrogens (tertiary/aromatic N) is 3. The SMILES string of the molecule is CCCCOc1ccccc1-c1cc2c(=O)n(CCC(=O)O)ccn2n1. The van der Waals surface area contributed by atoms with Gasteiger partial charge in [0.1, 0.15) is 11.3 Å². The van der Waals surface area contributed by atoms with Crippen molar-refractivity contribution in [1.29, 1.82) is 0 Å². The fourth-order valence-corrected chi connectivity index (χ4v) is 2.68. The highest BCUT2D eigenvalue weighted by molar-refractivity contribution is 5.71. The topological polar surface area (TPSA) is 85.8 Å². The van der Waals surface area contributed by atoms with E-state index in [4.69, 9.17) is 9.84 Å². The summed E-state index contributed by atoms with van der Waals surface area (Å²) in [5.74, 6) is -0.209. The molecular weight excluding hydrogens is 334 g/mol. The Labute approximate surface area is 150 Å². The molecule has 0 bridgehead atoms. The Morgan fingerprint density at radius 1 is 1.27 bits per heavy atom. The van der Waals surface area contributed by atoms with Crippen LogP contribution in [0.2, 0.25) is 0 Å². The second kappa shape index (κ2) is 7.86. The second-order valence-electron chi connectivity index (χ2n) is 6.00. The van der Waals surface area contributed by atoms with E-state index in [1.54, 1.807) is 18.5 Å². The number of carboxylic acids is 1. The molecule has 0 aliphatic rings. The minimum absolute atomic E-state index is 0.106. The number of unbranched alkanes of at least 4 members (excludes halogenated alkanes) is 1. The number of aromatic nitrogens is 3. The summed E-state index contributed by atoms with van der Waals surface area (Å²) in [5.41, 5.74) is 1.60. The summed E-state index contributed by atoms with van der Waals surface area (Å²) in [5, 5.41) is 13.3. The first-order chi connectivity index (χ1) is 12.6. The first-order valence-corrected chi connectivity index (χ1v) is 8.63. The smallest absolute Gasteiger partial charge is 0.305 e. The van der Waals surface area contributed by atoms with E-state index < -0.39 is 5.97 Å². The first kappa shape index (κ1) is 17.7. The van der Waals surface area contributed by atoms with Crippen molar-refractivity contribution in [1.82, 2.24) is 14.2 Å². The van der Waals surface area contributed by atoms with Crippen molar-refractivity contribution in [2.75, 3.05) is 6.61 Å². The molecule has 3 rings (SSSR count). The molecule has 136 valence electrons. The number of fused-ring (bicyclic) bond motifs is 1. The van der Waals surface area contributed by atoms with Crippen LogP contribution in [0.4, 0.5) is 0 Å². The maximum absolute atomic E-state index is 12.6. The number of para-hydroxylation sites is 1. The monoisotopic (exact) mass is 355 g/mol. The Bertz CT molecular complexity index is 974. The van der Waals surface area contributed by atoms with Crippen LogP contribution in [-0.4, -0.2) is 31.9 Å². The van der Waals surface area contributed by atoms with Crippen LogP contribution < -0.4 is 10.3 Å². The molecule has 0 aliphatic carbocycles. The summed E-state index contributed by atoms with van der Waals surface area (Å²) < 4.78 is 8.75. The molecule has 7 nitrogen and oxygen atoms in total. The van der Waals surface area contributed by atoms with Gasteiger partial charge in [-0.1, -0.05) is 25.5 Å². The summed E-state index contributed by atoms with van der Waals surface area (Å²) in [6.07, 6.45) is 5.12. The molecule has 0 atom stereocenters. The van der Waals surface area contributed by atoms with Crippen LogP contribution in [0.15, 0.2) is 47.5 Å². The van der Waals surface area contributed by atoms with Crippen LogP contribution in [-0.2, 0) is 11.3 Å². The van der Waals surface area contributed by atoms with Gasteiger partial charge in [-0.05, 0) is 24.6 Å². The first-order valence-electron chi connectivity index (χ1n) is 8.63. The molecule has 2 aromatic heterocycles. The van der Waals surface area contributed by atoms with Gasteiger partial charge >= 0.3 is 5.97 Å². The van der Waals surface area contributed by atoms with Gasteiger partial charge in [0.2, 0.25) is 0 Å². The van der Waals surface area contributed by atoms with E-state index in [1.807, 2.05) is 24.3 Å². The van der Waals surface area contributed by atoms with Crippen LogP contribution in [0.25, 0.3) is 16.8 Å². The molecule has 0 fully saturated rings. The summed E-state index contributed by atoms with van der Waals surface area (Å²) >= 11 is 0. The molecule has 1 aromatic carbocycles. The van der Waals surface area contributed by atoms with Crippen molar-refractivity contribution in [3.05, 3.63) is 53.1 Å². The predicted molar refractivity (Wildman–Crippen MR) is 97.5 cm³/mol. The zero-order valence-electron chi connectivity index (χ0n) is 14.6. The number of rotatable bonds is 8. The zero-order chi connectivity index (χ0) is 18.5. The lowest BCUT2D eigenvalue weighted by Gasteiger charge is -2.09. The van der Waals surface area contributed by atoms with Gasteiger partial charge in [-0.25, -0.2) is 4.52 Å². The molecule has 2 heterocycles. The Morgan fingerprint density at radius 2 is 2.08 bits per heavy atom. The minimum atomic E-state index is -0.941. The third-order valence-corrected chi connectivity index (χ3v) is 4.09.